The molecule has 0 unspecified atom stereocenters. The first-order chi connectivity index (χ1) is 13.2. The summed E-state index contributed by atoms with van der Waals surface area (Å²) in [6.45, 7) is 2.46. The molecule has 1 aromatic heterocycles. The highest BCUT2D eigenvalue weighted by Crippen LogP contribution is 2.28. The minimum Gasteiger partial charge on any atom is -0.494 e. The molecule has 0 aliphatic heterocycles. The van der Waals surface area contributed by atoms with Crippen LogP contribution >= 0.6 is 0 Å². The predicted molar refractivity (Wildman–Crippen MR) is 106 cm³/mol. The van der Waals surface area contributed by atoms with Crippen LogP contribution in [-0.2, 0) is 4.79 Å². The zero-order valence-corrected chi connectivity index (χ0v) is 15.6. The molecule has 5 nitrogen and oxygen atoms in total. The van der Waals surface area contributed by atoms with Crippen LogP contribution < -0.4 is 10.1 Å². The van der Waals surface area contributed by atoms with Gasteiger partial charge in [0.2, 0.25) is 0 Å². The van der Waals surface area contributed by atoms with Crippen LogP contribution in [-0.4, -0.2) is 17.1 Å². The molecule has 1 amide bonds. The van der Waals surface area contributed by atoms with Gasteiger partial charge >= 0.3 is 0 Å². The Morgan fingerprint density at radius 1 is 1.33 bits per heavy atom. The van der Waals surface area contributed by atoms with Gasteiger partial charge in [0, 0.05) is 30.2 Å². The number of benzene rings is 1. The maximum absolute atomic E-state index is 12.5. The van der Waals surface area contributed by atoms with Gasteiger partial charge in [0.15, 0.2) is 0 Å². The van der Waals surface area contributed by atoms with E-state index in [0.717, 1.165) is 5.56 Å². The first kappa shape index (κ1) is 18.8. The summed E-state index contributed by atoms with van der Waals surface area (Å²) >= 11 is 0. The van der Waals surface area contributed by atoms with Crippen molar-refractivity contribution < 1.29 is 9.53 Å². The zero-order chi connectivity index (χ0) is 19.1. The van der Waals surface area contributed by atoms with Gasteiger partial charge in [-0.15, -0.1) is 0 Å². The predicted octanol–water partition coefficient (Wildman–Crippen LogP) is 4.94. The summed E-state index contributed by atoms with van der Waals surface area (Å²) < 4.78 is 7.65. The van der Waals surface area contributed by atoms with Gasteiger partial charge < -0.3 is 14.6 Å². The van der Waals surface area contributed by atoms with E-state index in [2.05, 4.69) is 9.88 Å². The van der Waals surface area contributed by atoms with Gasteiger partial charge in [0.05, 0.1) is 6.61 Å². The highest BCUT2D eigenvalue weighted by atomic mass is 16.5. The molecule has 5 heteroatoms. The molecular weight excluding hydrogens is 338 g/mol. The fourth-order valence-corrected chi connectivity index (χ4v) is 3.47. The van der Waals surface area contributed by atoms with E-state index in [1.807, 2.05) is 37.5 Å². The molecule has 0 saturated heterocycles. The lowest BCUT2D eigenvalue weighted by atomic mass is 9.95. The minimum atomic E-state index is -0.420. The number of carbonyl (C=O) groups is 1. The second kappa shape index (κ2) is 9.09. The van der Waals surface area contributed by atoms with Crippen molar-refractivity contribution in [2.24, 2.45) is 0 Å². The molecule has 2 aromatic rings. The van der Waals surface area contributed by atoms with Crippen molar-refractivity contribution in [1.29, 1.82) is 5.26 Å². The molecular formula is C22H25N3O2. The number of aromatic nitrogens is 1. The van der Waals surface area contributed by atoms with E-state index in [-0.39, 0.29) is 5.57 Å². The van der Waals surface area contributed by atoms with Crippen LogP contribution in [0.2, 0.25) is 0 Å². The Morgan fingerprint density at radius 3 is 2.89 bits per heavy atom. The van der Waals surface area contributed by atoms with Gasteiger partial charge in [0.1, 0.15) is 17.4 Å². The summed E-state index contributed by atoms with van der Waals surface area (Å²) in [4.78, 5) is 12.5. The van der Waals surface area contributed by atoms with Gasteiger partial charge in [-0.3, -0.25) is 4.79 Å². The largest absolute Gasteiger partial charge is 0.494 e. The quantitative estimate of drug-likeness (QED) is 0.584. The molecule has 0 radical (unpaired) electrons. The Hall–Kier alpha value is -3.00. The van der Waals surface area contributed by atoms with E-state index in [1.165, 1.54) is 32.1 Å². The van der Waals surface area contributed by atoms with Gasteiger partial charge in [-0.2, -0.15) is 5.26 Å². The van der Waals surface area contributed by atoms with Crippen molar-refractivity contribution in [2.75, 3.05) is 11.9 Å². The number of ether oxygens (including phenoxy) is 1. The van der Waals surface area contributed by atoms with Crippen molar-refractivity contribution in [3.8, 4) is 11.8 Å². The van der Waals surface area contributed by atoms with Gasteiger partial charge in [-0.05, 0) is 49.6 Å². The summed E-state index contributed by atoms with van der Waals surface area (Å²) in [6.07, 6.45) is 11.9. The second-order valence-electron chi connectivity index (χ2n) is 6.77. The van der Waals surface area contributed by atoms with Crippen molar-refractivity contribution in [1.82, 2.24) is 4.57 Å². The molecule has 0 spiro atoms. The van der Waals surface area contributed by atoms with Gasteiger partial charge in [0.25, 0.3) is 5.91 Å². The number of nitrogens with zero attached hydrogens (tertiary/aromatic N) is 2. The lowest BCUT2D eigenvalue weighted by Gasteiger charge is -2.23. The van der Waals surface area contributed by atoms with Crippen molar-refractivity contribution >= 4 is 17.7 Å². The molecule has 0 bridgehead atoms. The monoisotopic (exact) mass is 363 g/mol. The van der Waals surface area contributed by atoms with Crippen LogP contribution in [0.1, 0.15) is 50.6 Å². The third-order valence-electron chi connectivity index (χ3n) is 4.81. The third kappa shape index (κ3) is 5.01. The topological polar surface area (TPSA) is 67.0 Å². The molecule has 1 heterocycles. The summed E-state index contributed by atoms with van der Waals surface area (Å²) in [5, 5.41) is 12.2. The third-order valence-corrected chi connectivity index (χ3v) is 4.81. The van der Waals surface area contributed by atoms with E-state index in [4.69, 9.17) is 4.74 Å². The molecule has 1 N–H and O–H groups in total. The number of anilines is 1. The van der Waals surface area contributed by atoms with Crippen molar-refractivity contribution in [2.45, 2.75) is 45.1 Å². The fourth-order valence-electron chi connectivity index (χ4n) is 3.47. The smallest absolute Gasteiger partial charge is 0.266 e. The molecule has 140 valence electrons. The van der Waals surface area contributed by atoms with Crippen molar-refractivity contribution in [3.63, 3.8) is 0 Å². The van der Waals surface area contributed by atoms with Gasteiger partial charge in [-0.1, -0.05) is 25.3 Å². The van der Waals surface area contributed by atoms with E-state index < -0.39 is 5.91 Å². The van der Waals surface area contributed by atoms with Crippen LogP contribution in [0, 0.1) is 11.3 Å². The summed E-state index contributed by atoms with van der Waals surface area (Å²) in [5.74, 6) is 0.263. The van der Waals surface area contributed by atoms with E-state index in [9.17, 15) is 10.1 Å². The van der Waals surface area contributed by atoms with Crippen LogP contribution in [0.25, 0.3) is 6.08 Å². The maximum Gasteiger partial charge on any atom is 0.266 e. The molecule has 27 heavy (non-hydrogen) atoms. The lowest BCUT2D eigenvalue weighted by Crippen LogP contribution is -2.13. The first-order valence-corrected chi connectivity index (χ1v) is 9.53. The number of amides is 1. The van der Waals surface area contributed by atoms with E-state index in [1.54, 1.807) is 24.3 Å². The van der Waals surface area contributed by atoms with Crippen molar-refractivity contribution in [3.05, 3.63) is 53.9 Å². The average Bonchev–Trinajstić information content (AvgIpc) is 3.16. The first-order valence-electron chi connectivity index (χ1n) is 9.53. The maximum atomic E-state index is 12.5. The fraction of sp³-hybridized carbons (Fsp3) is 0.364. The Morgan fingerprint density at radius 2 is 2.15 bits per heavy atom. The molecule has 1 aromatic carbocycles. The van der Waals surface area contributed by atoms with Crippen LogP contribution in [0.5, 0.6) is 5.75 Å². The number of hydrogen-bond acceptors (Lipinski definition) is 3. The Kier molecular flexibility index (Phi) is 6.32. The Labute approximate surface area is 160 Å². The Balaban J connectivity index is 1.70. The van der Waals surface area contributed by atoms with Crippen LogP contribution in [0.4, 0.5) is 5.69 Å². The van der Waals surface area contributed by atoms with Gasteiger partial charge in [-0.25, -0.2) is 0 Å². The number of nitriles is 1. The number of nitrogens with one attached hydrogen (secondary N) is 1. The lowest BCUT2D eigenvalue weighted by molar-refractivity contribution is -0.112. The molecule has 1 saturated carbocycles. The highest BCUT2D eigenvalue weighted by molar-refractivity contribution is 6.09. The number of rotatable bonds is 6. The van der Waals surface area contributed by atoms with Crippen LogP contribution in [0.3, 0.4) is 0 Å². The molecule has 1 fully saturated rings. The second-order valence-corrected chi connectivity index (χ2v) is 6.77. The van der Waals surface area contributed by atoms with E-state index in [0.29, 0.717) is 24.1 Å². The molecule has 3 rings (SSSR count). The molecule has 1 aliphatic carbocycles. The number of carbonyl (C=O) groups excluding carboxylic acids is 1. The highest BCUT2D eigenvalue weighted by Gasteiger charge is 2.15. The normalized spacial score (nSPS) is 15.2. The standard InChI is InChI=1S/C22H25N3O2/c1-2-27-21-10-6-7-19(14-21)24-22(26)18(15-23)13-17-11-12-25(16-17)20-8-4-3-5-9-20/h6-7,10-14,16,20H,2-5,8-9H2,1H3,(H,24,26)/b18-13+. The average molecular weight is 363 g/mol. The SMILES string of the molecule is CCOc1cccc(NC(=O)/C(C#N)=C/c2ccn(C3CCCCC3)c2)c1. The summed E-state index contributed by atoms with van der Waals surface area (Å²) in [6, 6.07) is 11.6. The molecule has 1 aliphatic rings. The molecule has 0 atom stereocenters. The summed E-state index contributed by atoms with van der Waals surface area (Å²) in [7, 11) is 0. The number of hydrogen-bond donors (Lipinski definition) is 1. The Bertz CT molecular complexity index is 854. The minimum absolute atomic E-state index is 0.0817. The van der Waals surface area contributed by atoms with Crippen LogP contribution in [0.15, 0.2) is 48.3 Å². The zero-order valence-electron chi connectivity index (χ0n) is 15.6. The van der Waals surface area contributed by atoms with E-state index >= 15 is 0 Å². The summed E-state index contributed by atoms with van der Waals surface area (Å²) in [5.41, 5.74) is 1.56.